The highest BCUT2D eigenvalue weighted by molar-refractivity contribution is 5.92. The van der Waals surface area contributed by atoms with Crippen LogP contribution in [0.5, 0.6) is 0 Å². The van der Waals surface area contributed by atoms with Crippen molar-refractivity contribution in [2.75, 3.05) is 19.6 Å². The van der Waals surface area contributed by atoms with E-state index in [0.29, 0.717) is 38.2 Å². The fourth-order valence-electron chi connectivity index (χ4n) is 3.76. The summed E-state index contributed by atoms with van der Waals surface area (Å²) >= 11 is 0. The molecule has 2 aliphatic rings. The van der Waals surface area contributed by atoms with Gasteiger partial charge in [-0.3, -0.25) is 4.79 Å². The molecule has 0 aliphatic carbocycles. The molecule has 1 aromatic rings. The van der Waals surface area contributed by atoms with Crippen LogP contribution in [-0.4, -0.2) is 58.1 Å². The fourth-order valence-corrected chi connectivity index (χ4v) is 3.76. The number of ether oxygens (including phenoxy) is 1. The van der Waals surface area contributed by atoms with E-state index in [1.165, 1.54) is 0 Å². The highest BCUT2D eigenvalue weighted by atomic mass is 16.6. The standard InChI is InChI=1S/C19H27N3O3/c1-4-6-15(3)22-13-19(25-18(22)24)9-11-21(12-10-19)17(23)16-8-5-7-14(2)20-16/h5,7-8,15H,4,6,9-13H2,1-3H3/t15-/m0/s1. The lowest BCUT2D eigenvalue weighted by Gasteiger charge is -2.37. The van der Waals surface area contributed by atoms with Crippen LogP contribution >= 0.6 is 0 Å². The molecule has 1 aromatic heterocycles. The summed E-state index contributed by atoms with van der Waals surface area (Å²) in [6.07, 6.45) is 3.19. The Morgan fingerprint density at radius 3 is 2.72 bits per heavy atom. The van der Waals surface area contributed by atoms with Gasteiger partial charge in [0.05, 0.1) is 6.54 Å². The molecule has 25 heavy (non-hydrogen) atoms. The van der Waals surface area contributed by atoms with Crippen molar-refractivity contribution in [1.29, 1.82) is 0 Å². The van der Waals surface area contributed by atoms with Crippen molar-refractivity contribution in [2.24, 2.45) is 0 Å². The first-order valence-electron chi connectivity index (χ1n) is 9.17. The van der Waals surface area contributed by atoms with Crippen LogP contribution in [-0.2, 0) is 4.74 Å². The minimum atomic E-state index is -0.435. The Morgan fingerprint density at radius 2 is 2.08 bits per heavy atom. The zero-order valence-electron chi connectivity index (χ0n) is 15.3. The van der Waals surface area contributed by atoms with Gasteiger partial charge in [-0.25, -0.2) is 9.78 Å². The van der Waals surface area contributed by atoms with E-state index in [9.17, 15) is 9.59 Å². The molecule has 0 bridgehead atoms. The van der Waals surface area contributed by atoms with Gasteiger partial charge in [0.1, 0.15) is 11.3 Å². The third-order valence-electron chi connectivity index (χ3n) is 5.30. The smallest absolute Gasteiger partial charge is 0.410 e. The average Bonchev–Trinajstić information content (AvgIpc) is 2.91. The molecule has 3 rings (SSSR count). The molecule has 2 saturated heterocycles. The van der Waals surface area contributed by atoms with Gasteiger partial charge in [-0.05, 0) is 32.4 Å². The third kappa shape index (κ3) is 3.62. The molecule has 0 radical (unpaired) electrons. The minimum absolute atomic E-state index is 0.0425. The summed E-state index contributed by atoms with van der Waals surface area (Å²) in [7, 11) is 0. The van der Waals surface area contributed by atoms with E-state index in [-0.39, 0.29) is 18.0 Å². The number of piperidine rings is 1. The second-order valence-electron chi connectivity index (χ2n) is 7.27. The van der Waals surface area contributed by atoms with E-state index < -0.39 is 5.60 Å². The van der Waals surface area contributed by atoms with E-state index in [0.717, 1.165) is 18.5 Å². The Bertz CT molecular complexity index is 653. The lowest BCUT2D eigenvalue weighted by Crippen LogP contribution is -2.49. The van der Waals surface area contributed by atoms with Gasteiger partial charge < -0.3 is 14.5 Å². The highest BCUT2D eigenvalue weighted by Gasteiger charge is 2.48. The quantitative estimate of drug-likeness (QED) is 0.841. The summed E-state index contributed by atoms with van der Waals surface area (Å²) in [5.41, 5.74) is 0.887. The summed E-state index contributed by atoms with van der Waals surface area (Å²) < 4.78 is 5.76. The number of carbonyl (C=O) groups is 2. The SMILES string of the molecule is CCC[C@H](C)N1CC2(CCN(C(=O)c3cccc(C)n3)CC2)OC1=O. The molecule has 1 spiro atoms. The number of amides is 2. The predicted molar refractivity (Wildman–Crippen MR) is 94.4 cm³/mol. The first-order valence-corrected chi connectivity index (χ1v) is 9.17. The maximum atomic E-state index is 12.6. The number of hydrogen-bond donors (Lipinski definition) is 0. The molecule has 2 fully saturated rings. The molecule has 0 unspecified atom stereocenters. The lowest BCUT2D eigenvalue weighted by atomic mass is 9.90. The molecule has 0 aromatic carbocycles. The van der Waals surface area contributed by atoms with Crippen molar-refractivity contribution in [3.63, 3.8) is 0 Å². The molecule has 1 atom stereocenters. The van der Waals surface area contributed by atoms with Crippen molar-refractivity contribution in [2.45, 2.75) is 58.1 Å². The largest absolute Gasteiger partial charge is 0.441 e. The summed E-state index contributed by atoms with van der Waals surface area (Å²) in [5, 5.41) is 0. The Kier molecular flexibility index (Phi) is 4.97. The number of rotatable bonds is 4. The molecule has 0 N–H and O–H groups in total. The maximum Gasteiger partial charge on any atom is 0.410 e. The zero-order valence-corrected chi connectivity index (χ0v) is 15.3. The van der Waals surface area contributed by atoms with Crippen LogP contribution < -0.4 is 0 Å². The monoisotopic (exact) mass is 345 g/mol. The van der Waals surface area contributed by atoms with Crippen LogP contribution in [0.4, 0.5) is 4.79 Å². The van der Waals surface area contributed by atoms with Gasteiger partial charge in [-0.15, -0.1) is 0 Å². The summed E-state index contributed by atoms with van der Waals surface area (Å²) in [4.78, 5) is 32.9. The Morgan fingerprint density at radius 1 is 1.36 bits per heavy atom. The van der Waals surface area contributed by atoms with Crippen LogP contribution in [0.2, 0.25) is 0 Å². The van der Waals surface area contributed by atoms with Crippen LogP contribution in [0, 0.1) is 6.92 Å². The fraction of sp³-hybridized carbons (Fsp3) is 0.632. The molecule has 3 heterocycles. The van der Waals surface area contributed by atoms with Gasteiger partial charge >= 0.3 is 6.09 Å². The van der Waals surface area contributed by atoms with Crippen molar-refractivity contribution < 1.29 is 14.3 Å². The molecule has 0 saturated carbocycles. The average molecular weight is 345 g/mol. The van der Waals surface area contributed by atoms with E-state index in [1.807, 2.05) is 28.9 Å². The van der Waals surface area contributed by atoms with E-state index in [1.54, 1.807) is 6.07 Å². The van der Waals surface area contributed by atoms with Gasteiger partial charge in [0, 0.05) is 37.7 Å². The molecule has 2 aliphatic heterocycles. The summed E-state index contributed by atoms with van der Waals surface area (Å²) in [6, 6.07) is 5.69. The number of carbonyl (C=O) groups excluding carboxylic acids is 2. The number of hydrogen-bond acceptors (Lipinski definition) is 4. The van der Waals surface area contributed by atoms with Crippen molar-refractivity contribution in [3.05, 3.63) is 29.6 Å². The topological polar surface area (TPSA) is 62.7 Å². The molecule has 6 nitrogen and oxygen atoms in total. The van der Waals surface area contributed by atoms with Crippen LogP contribution in [0.15, 0.2) is 18.2 Å². The third-order valence-corrected chi connectivity index (χ3v) is 5.30. The Hall–Kier alpha value is -2.11. The number of aromatic nitrogens is 1. The van der Waals surface area contributed by atoms with Crippen molar-refractivity contribution in [3.8, 4) is 0 Å². The van der Waals surface area contributed by atoms with Crippen LogP contribution in [0.25, 0.3) is 0 Å². The normalized spacial score (nSPS) is 20.7. The van der Waals surface area contributed by atoms with Crippen molar-refractivity contribution >= 4 is 12.0 Å². The maximum absolute atomic E-state index is 12.6. The summed E-state index contributed by atoms with van der Waals surface area (Å²) in [6.45, 7) is 7.90. The van der Waals surface area contributed by atoms with E-state index in [2.05, 4.69) is 18.8 Å². The van der Waals surface area contributed by atoms with E-state index in [4.69, 9.17) is 4.74 Å². The minimum Gasteiger partial charge on any atom is -0.441 e. The molecular weight excluding hydrogens is 318 g/mol. The second kappa shape index (κ2) is 7.02. The number of nitrogens with zero attached hydrogens (tertiary/aromatic N) is 3. The van der Waals surface area contributed by atoms with Crippen LogP contribution in [0.3, 0.4) is 0 Å². The number of pyridine rings is 1. The van der Waals surface area contributed by atoms with Gasteiger partial charge in [0.25, 0.3) is 5.91 Å². The first-order chi connectivity index (χ1) is 11.9. The number of aryl methyl sites for hydroxylation is 1. The highest BCUT2D eigenvalue weighted by Crippen LogP contribution is 2.35. The second-order valence-corrected chi connectivity index (χ2v) is 7.27. The van der Waals surface area contributed by atoms with E-state index >= 15 is 0 Å². The Labute approximate surface area is 149 Å². The lowest BCUT2D eigenvalue weighted by molar-refractivity contribution is 0.00289. The van der Waals surface area contributed by atoms with Gasteiger partial charge in [0.15, 0.2) is 0 Å². The molecule has 136 valence electrons. The molecule has 2 amide bonds. The Balaban J connectivity index is 1.62. The molecule has 6 heteroatoms. The predicted octanol–water partition coefficient (Wildman–Crippen LogP) is 3.01. The summed E-state index contributed by atoms with van der Waals surface area (Å²) in [5.74, 6) is -0.0425. The van der Waals surface area contributed by atoms with Gasteiger partial charge in [-0.1, -0.05) is 19.4 Å². The number of likely N-dealkylation sites (tertiary alicyclic amines) is 1. The van der Waals surface area contributed by atoms with Crippen molar-refractivity contribution in [1.82, 2.24) is 14.8 Å². The first kappa shape index (κ1) is 17.7. The van der Waals surface area contributed by atoms with Gasteiger partial charge in [-0.2, -0.15) is 0 Å². The van der Waals surface area contributed by atoms with Crippen LogP contribution in [0.1, 0.15) is 55.7 Å². The zero-order chi connectivity index (χ0) is 18.0. The van der Waals surface area contributed by atoms with Gasteiger partial charge in [0.2, 0.25) is 0 Å². The molecular formula is C19H27N3O3.